The third kappa shape index (κ3) is 3.88. The Hall–Kier alpha value is -0.750. The number of rotatable bonds is 6. The van der Waals surface area contributed by atoms with Crippen molar-refractivity contribution in [3.8, 4) is 0 Å². The van der Waals surface area contributed by atoms with Crippen molar-refractivity contribution in [2.45, 2.75) is 39.3 Å². The lowest BCUT2D eigenvalue weighted by Crippen LogP contribution is -2.09. The molecular weight excluding hydrogens is 385 g/mol. The lowest BCUT2D eigenvalue weighted by molar-refractivity contribution is 0.426. The highest BCUT2D eigenvalue weighted by Crippen LogP contribution is 2.23. The van der Waals surface area contributed by atoms with E-state index in [0.717, 1.165) is 39.4 Å². The van der Waals surface area contributed by atoms with E-state index < -0.39 is 0 Å². The van der Waals surface area contributed by atoms with Gasteiger partial charge in [-0.2, -0.15) is 5.10 Å². The number of nitrogens with zero attached hydrogens (tertiary/aromatic N) is 2. The Kier molecular flexibility index (Phi) is 5.72. The Morgan fingerprint density at radius 2 is 2.05 bits per heavy atom. The van der Waals surface area contributed by atoms with Crippen molar-refractivity contribution in [3.63, 3.8) is 0 Å². The van der Waals surface area contributed by atoms with E-state index in [1.54, 1.807) is 0 Å². The minimum atomic E-state index is 0.499. The van der Waals surface area contributed by atoms with Crippen LogP contribution in [0.1, 0.15) is 38.4 Å². The molecule has 0 aliphatic carbocycles. The average Bonchev–Trinajstić information content (AvgIpc) is 2.88. The summed E-state index contributed by atoms with van der Waals surface area (Å²) < 4.78 is 3.19. The molecule has 0 bridgehead atoms. The standard InChI is InChI=1S/C15H19ClIN3/c1-3-13(4-2)20-8-7-12(19-20)10-18-15-6-5-11(16)9-14(15)17/h5-9,13,18H,3-4,10H2,1-2H3. The first-order chi connectivity index (χ1) is 9.63. The third-order valence-corrected chi connectivity index (χ3v) is 4.50. The molecule has 2 rings (SSSR count). The molecule has 0 unspecified atom stereocenters. The van der Waals surface area contributed by atoms with E-state index in [1.165, 1.54) is 0 Å². The molecule has 20 heavy (non-hydrogen) atoms. The zero-order valence-corrected chi connectivity index (χ0v) is 14.6. The summed E-state index contributed by atoms with van der Waals surface area (Å²) in [6.45, 7) is 5.12. The fourth-order valence-electron chi connectivity index (χ4n) is 2.16. The quantitative estimate of drug-likeness (QED) is 0.679. The first-order valence-electron chi connectivity index (χ1n) is 6.87. The van der Waals surface area contributed by atoms with Gasteiger partial charge in [0.1, 0.15) is 0 Å². The summed E-state index contributed by atoms with van der Waals surface area (Å²) in [4.78, 5) is 0. The van der Waals surface area contributed by atoms with E-state index in [0.29, 0.717) is 6.04 Å². The molecule has 108 valence electrons. The van der Waals surface area contributed by atoms with Crippen molar-refractivity contribution in [1.29, 1.82) is 0 Å². The summed E-state index contributed by atoms with van der Waals surface area (Å²) in [6.07, 6.45) is 4.29. The van der Waals surface area contributed by atoms with Crippen LogP contribution < -0.4 is 5.32 Å². The van der Waals surface area contributed by atoms with Gasteiger partial charge in [-0.1, -0.05) is 25.4 Å². The van der Waals surface area contributed by atoms with Gasteiger partial charge >= 0.3 is 0 Å². The zero-order chi connectivity index (χ0) is 14.5. The minimum absolute atomic E-state index is 0.499. The summed E-state index contributed by atoms with van der Waals surface area (Å²) >= 11 is 8.24. The maximum absolute atomic E-state index is 5.96. The van der Waals surface area contributed by atoms with E-state index in [-0.39, 0.29) is 0 Å². The molecule has 2 aromatic rings. The van der Waals surface area contributed by atoms with Crippen LogP contribution >= 0.6 is 34.2 Å². The number of nitrogens with one attached hydrogen (secondary N) is 1. The predicted molar refractivity (Wildman–Crippen MR) is 93.3 cm³/mol. The second kappa shape index (κ2) is 7.31. The molecular formula is C15H19ClIN3. The van der Waals surface area contributed by atoms with Crippen LogP contribution in [-0.2, 0) is 6.54 Å². The second-order valence-corrected chi connectivity index (χ2v) is 6.33. The van der Waals surface area contributed by atoms with Crippen molar-refractivity contribution >= 4 is 39.9 Å². The molecule has 3 nitrogen and oxygen atoms in total. The molecule has 1 heterocycles. The Labute approximate surface area is 138 Å². The molecule has 5 heteroatoms. The maximum atomic E-state index is 5.96. The van der Waals surface area contributed by atoms with Crippen molar-refractivity contribution in [1.82, 2.24) is 9.78 Å². The first kappa shape index (κ1) is 15.6. The molecule has 0 aliphatic heterocycles. The fraction of sp³-hybridized carbons (Fsp3) is 0.400. The molecule has 0 atom stereocenters. The van der Waals surface area contributed by atoms with Gasteiger partial charge in [0.05, 0.1) is 18.3 Å². The largest absolute Gasteiger partial charge is 0.378 e. The van der Waals surface area contributed by atoms with E-state index in [4.69, 9.17) is 11.6 Å². The van der Waals surface area contributed by atoms with Gasteiger partial charge in [0.2, 0.25) is 0 Å². The van der Waals surface area contributed by atoms with E-state index in [2.05, 4.69) is 63.8 Å². The average molecular weight is 404 g/mol. The van der Waals surface area contributed by atoms with Crippen molar-refractivity contribution in [2.24, 2.45) is 0 Å². The molecule has 0 aliphatic rings. The Morgan fingerprint density at radius 1 is 1.30 bits per heavy atom. The summed E-state index contributed by atoms with van der Waals surface area (Å²) in [5, 5.41) is 8.80. The number of aromatic nitrogens is 2. The lowest BCUT2D eigenvalue weighted by Gasteiger charge is -2.12. The van der Waals surface area contributed by atoms with Crippen molar-refractivity contribution in [3.05, 3.63) is 44.7 Å². The highest BCUT2D eigenvalue weighted by molar-refractivity contribution is 14.1. The SMILES string of the molecule is CCC(CC)n1ccc(CNc2ccc(Cl)cc2I)n1. The van der Waals surface area contributed by atoms with E-state index >= 15 is 0 Å². The summed E-state index contributed by atoms with van der Waals surface area (Å²) in [6, 6.07) is 8.43. The Bertz CT molecular complexity index is 564. The molecule has 0 radical (unpaired) electrons. The number of anilines is 1. The summed E-state index contributed by atoms with van der Waals surface area (Å²) in [7, 11) is 0. The predicted octanol–water partition coefficient (Wildman–Crippen LogP) is 5.11. The van der Waals surface area contributed by atoms with Gasteiger partial charge in [0, 0.05) is 20.5 Å². The van der Waals surface area contributed by atoms with Crippen LogP contribution in [0.4, 0.5) is 5.69 Å². The molecule has 0 amide bonds. The molecule has 1 aromatic heterocycles. The topological polar surface area (TPSA) is 29.9 Å². The molecule has 1 aromatic carbocycles. The normalized spacial score (nSPS) is 11.1. The van der Waals surface area contributed by atoms with Crippen molar-refractivity contribution < 1.29 is 0 Å². The van der Waals surface area contributed by atoms with Crippen LogP contribution in [0, 0.1) is 3.57 Å². The summed E-state index contributed by atoms with van der Waals surface area (Å²) in [5.41, 5.74) is 2.15. The third-order valence-electron chi connectivity index (χ3n) is 3.37. The van der Waals surface area contributed by atoms with Gasteiger partial charge in [-0.3, -0.25) is 4.68 Å². The Morgan fingerprint density at radius 3 is 2.70 bits per heavy atom. The smallest absolute Gasteiger partial charge is 0.0815 e. The number of hydrogen-bond donors (Lipinski definition) is 1. The molecule has 0 saturated carbocycles. The van der Waals surface area contributed by atoms with Gasteiger partial charge in [0.25, 0.3) is 0 Å². The van der Waals surface area contributed by atoms with Gasteiger partial charge < -0.3 is 5.32 Å². The van der Waals surface area contributed by atoms with Crippen LogP contribution in [0.3, 0.4) is 0 Å². The van der Waals surface area contributed by atoms with Gasteiger partial charge in [-0.25, -0.2) is 0 Å². The highest BCUT2D eigenvalue weighted by atomic mass is 127. The highest BCUT2D eigenvalue weighted by Gasteiger charge is 2.08. The van der Waals surface area contributed by atoms with Crippen LogP contribution in [0.15, 0.2) is 30.5 Å². The number of halogens is 2. The van der Waals surface area contributed by atoms with Crippen LogP contribution in [0.2, 0.25) is 5.02 Å². The summed E-state index contributed by atoms with van der Waals surface area (Å²) in [5.74, 6) is 0. The second-order valence-electron chi connectivity index (χ2n) is 4.74. The molecule has 0 spiro atoms. The number of benzene rings is 1. The van der Waals surface area contributed by atoms with Crippen molar-refractivity contribution in [2.75, 3.05) is 5.32 Å². The van der Waals surface area contributed by atoms with Gasteiger partial charge in [0.15, 0.2) is 0 Å². The zero-order valence-electron chi connectivity index (χ0n) is 11.7. The first-order valence-corrected chi connectivity index (χ1v) is 8.32. The Balaban J connectivity index is 2.00. The van der Waals surface area contributed by atoms with Crippen LogP contribution in [0.5, 0.6) is 0 Å². The number of hydrogen-bond acceptors (Lipinski definition) is 2. The van der Waals surface area contributed by atoms with Gasteiger partial charge in [-0.05, 0) is 59.7 Å². The lowest BCUT2D eigenvalue weighted by atomic mass is 10.2. The van der Waals surface area contributed by atoms with Crippen LogP contribution in [-0.4, -0.2) is 9.78 Å². The molecule has 1 N–H and O–H groups in total. The minimum Gasteiger partial charge on any atom is -0.378 e. The maximum Gasteiger partial charge on any atom is 0.0815 e. The molecule has 0 fully saturated rings. The monoisotopic (exact) mass is 403 g/mol. The molecule has 0 saturated heterocycles. The van der Waals surface area contributed by atoms with E-state index in [1.807, 2.05) is 18.2 Å². The van der Waals surface area contributed by atoms with Gasteiger partial charge in [-0.15, -0.1) is 0 Å². The van der Waals surface area contributed by atoms with Crippen LogP contribution in [0.25, 0.3) is 0 Å². The fourth-order valence-corrected chi connectivity index (χ4v) is 3.22. The van der Waals surface area contributed by atoms with E-state index in [9.17, 15) is 0 Å².